The minimum Gasteiger partial charge on any atom is -0.387 e. The predicted octanol–water partition coefficient (Wildman–Crippen LogP) is 1.32. The number of aromatic nitrogens is 2. The first kappa shape index (κ1) is 17.8. The fourth-order valence-electron chi connectivity index (χ4n) is 3.87. The van der Waals surface area contributed by atoms with E-state index < -0.39 is 29.7 Å². The molecule has 8 heteroatoms. The molecule has 1 amide bonds. The number of aliphatic hydroxyl groups is 1. The monoisotopic (exact) mass is 371 g/mol. The molecule has 4 rings (SSSR count). The van der Waals surface area contributed by atoms with Crippen LogP contribution in [0.4, 0.5) is 5.82 Å². The second-order valence-corrected chi connectivity index (χ2v) is 6.83. The zero-order valence-corrected chi connectivity index (χ0v) is 15.0. The molecule has 2 bridgehead atoms. The topological polar surface area (TPSA) is 103 Å². The van der Waals surface area contributed by atoms with E-state index in [0.29, 0.717) is 12.0 Å². The molecular weight excluding hydrogens is 350 g/mol. The Balaban J connectivity index is 1.55. The van der Waals surface area contributed by atoms with Gasteiger partial charge in [-0.15, -0.1) is 0 Å². The third-order valence-corrected chi connectivity index (χ3v) is 5.42. The molecule has 3 heterocycles. The predicted molar refractivity (Wildman–Crippen MR) is 96.4 cm³/mol. The number of hydrogen-bond donors (Lipinski definition) is 2. The summed E-state index contributed by atoms with van der Waals surface area (Å²) >= 11 is 0. The Bertz CT molecular complexity index is 915. The van der Waals surface area contributed by atoms with Crippen LogP contribution in [0.3, 0.4) is 0 Å². The van der Waals surface area contributed by atoms with Crippen molar-refractivity contribution >= 4 is 11.7 Å². The summed E-state index contributed by atoms with van der Waals surface area (Å²) in [5.74, 6) is -0.206. The van der Waals surface area contributed by atoms with Crippen LogP contribution in [0.25, 0.3) is 0 Å². The maximum atomic E-state index is 12.5. The number of anilines is 1. The molecule has 0 radical (unpaired) electrons. The number of nitrogens with zero attached hydrogens (tertiary/aromatic N) is 2. The van der Waals surface area contributed by atoms with E-state index in [4.69, 9.17) is 9.47 Å². The fraction of sp³-hybridized carbons (Fsp3) is 0.421. The molecule has 2 N–H and O–H groups in total. The van der Waals surface area contributed by atoms with E-state index >= 15 is 0 Å². The van der Waals surface area contributed by atoms with Crippen LogP contribution in [0, 0.1) is 0 Å². The van der Waals surface area contributed by atoms with Gasteiger partial charge in [0.2, 0.25) is 0 Å². The minimum atomic E-state index is -0.824. The lowest BCUT2D eigenvalue weighted by molar-refractivity contribution is -0.208. The quantitative estimate of drug-likeness (QED) is 0.840. The highest BCUT2D eigenvalue weighted by atomic mass is 16.7. The van der Waals surface area contributed by atoms with Gasteiger partial charge in [0.15, 0.2) is 6.23 Å². The molecule has 0 aliphatic carbocycles. The molecule has 0 unspecified atom stereocenters. The first-order chi connectivity index (χ1) is 13.0. The first-order valence-electron chi connectivity index (χ1n) is 8.93. The van der Waals surface area contributed by atoms with Gasteiger partial charge in [-0.2, -0.15) is 4.98 Å². The van der Waals surface area contributed by atoms with E-state index in [1.807, 2.05) is 19.9 Å². The van der Waals surface area contributed by atoms with Crippen molar-refractivity contribution in [2.24, 2.45) is 0 Å². The van der Waals surface area contributed by atoms with Crippen LogP contribution >= 0.6 is 0 Å². The van der Waals surface area contributed by atoms with Gasteiger partial charge in [-0.25, -0.2) is 4.79 Å². The molecule has 0 spiro atoms. The number of hydrogen-bond acceptors (Lipinski definition) is 6. The Kier molecular flexibility index (Phi) is 4.33. The van der Waals surface area contributed by atoms with Crippen molar-refractivity contribution in [3.8, 4) is 0 Å². The molecule has 2 fully saturated rings. The number of amides is 1. The van der Waals surface area contributed by atoms with Crippen molar-refractivity contribution in [1.82, 2.24) is 9.55 Å². The second-order valence-electron chi connectivity index (χ2n) is 6.83. The molecule has 27 heavy (non-hydrogen) atoms. The van der Waals surface area contributed by atoms with E-state index in [1.165, 1.54) is 16.8 Å². The second kappa shape index (κ2) is 6.56. The van der Waals surface area contributed by atoms with Gasteiger partial charge in [0, 0.05) is 11.8 Å². The van der Waals surface area contributed by atoms with Crippen LogP contribution in [0.15, 0.2) is 47.4 Å². The van der Waals surface area contributed by atoms with Crippen LogP contribution in [0.2, 0.25) is 0 Å². The summed E-state index contributed by atoms with van der Waals surface area (Å²) in [6, 6.07) is 10.2. The zero-order valence-electron chi connectivity index (χ0n) is 15.0. The Morgan fingerprint density at radius 2 is 2.07 bits per heavy atom. The minimum absolute atomic E-state index is 0.147. The first-order valence-corrected chi connectivity index (χ1v) is 8.93. The third kappa shape index (κ3) is 2.77. The molecule has 2 saturated heterocycles. The van der Waals surface area contributed by atoms with Crippen molar-refractivity contribution in [3.05, 3.63) is 58.6 Å². The van der Waals surface area contributed by atoms with Crippen molar-refractivity contribution < 1.29 is 19.4 Å². The molecule has 2 aliphatic heterocycles. The lowest BCUT2D eigenvalue weighted by atomic mass is 9.91. The standard InChI is InChI=1S/C19H21N3O5/c1-3-19-11(2)26-14(15(19)23)17(27-19)22-10-9-13(21-18(22)25)20-16(24)12-7-5-4-6-8-12/h4-11,14-15,17,23H,3H2,1-2H3,(H,20,21,24,25)/t11-,14-,15+,17-,19+/m1/s1. The lowest BCUT2D eigenvalue weighted by Gasteiger charge is -2.35. The average molecular weight is 371 g/mol. The Morgan fingerprint density at radius 1 is 1.33 bits per heavy atom. The van der Waals surface area contributed by atoms with E-state index in [1.54, 1.807) is 24.3 Å². The SMILES string of the molecule is CC[C@]12O[C@@H](n3ccc(NC(=O)c4ccccc4)nc3=O)[C@H](O[C@@H]1C)[C@@H]2O. The number of rotatable bonds is 4. The maximum Gasteiger partial charge on any atom is 0.351 e. The van der Waals surface area contributed by atoms with Crippen LogP contribution < -0.4 is 11.0 Å². The molecule has 1 aromatic heterocycles. The molecule has 2 aromatic rings. The molecule has 142 valence electrons. The van der Waals surface area contributed by atoms with Crippen molar-refractivity contribution in [3.63, 3.8) is 0 Å². The summed E-state index contributed by atoms with van der Waals surface area (Å²) in [5.41, 5.74) is -0.946. The van der Waals surface area contributed by atoms with Crippen molar-refractivity contribution in [2.75, 3.05) is 5.32 Å². The maximum absolute atomic E-state index is 12.5. The van der Waals surface area contributed by atoms with E-state index in [0.717, 1.165) is 0 Å². The third-order valence-electron chi connectivity index (χ3n) is 5.42. The van der Waals surface area contributed by atoms with E-state index in [2.05, 4.69) is 10.3 Å². The highest BCUT2D eigenvalue weighted by Gasteiger charge is 2.64. The van der Waals surface area contributed by atoms with Crippen LogP contribution in [-0.4, -0.2) is 44.5 Å². The van der Waals surface area contributed by atoms with Gasteiger partial charge in [-0.1, -0.05) is 25.1 Å². The Morgan fingerprint density at radius 3 is 2.70 bits per heavy atom. The molecule has 2 aliphatic rings. The summed E-state index contributed by atoms with van der Waals surface area (Å²) in [6.07, 6.45) is -0.404. The van der Waals surface area contributed by atoms with Gasteiger partial charge < -0.3 is 19.9 Å². The van der Waals surface area contributed by atoms with Gasteiger partial charge in [-0.3, -0.25) is 9.36 Å². The number of carbonyl (C=O) groups excluding carboxylic acids is 1. The van der Waals surface area contributed by atoms with Crippen molar-refractivity contribution in [2.45, 2.75) is 50.4 Å². The summed E-state index contributed by atoms with van der Waals surface area (Å²) < 4.78 is 13.1. The van der Waals surface area contributed by atoms with Gasteiger partial charge in [0.1, 0.15) is 23.6 Å². The number of nitrogens with one attached hydrogen (secondary N) is 1. The Hall–Kier alpha value is -2.55. The van der Waals surface area contributed by atoms with Gasteiger partial charge in [0.25, 0.3) is 5.91 Å². The number of carbonyl (C=O) groups is 1. The summed E-state index contributed by atoms with van der Waals surface area (Å²) in [6.45, 7) is 3.77. The van der Waals surface area contributed by atoms with Crippen LogP contribution in [0.5, 0.6) is 0 Å². The highest BCUT2D eigenvalue weighted by Crippen LogP contribution is 2.49. The zero-order chi connectivity index (χ0) is 19.2. The number of fused-ring (bicyclic) bond motifs is 2. The van der Waals surface area contributed by atoms with E-state index in [9.17, 15) is 14.7 Å². The molecule has 8 nitrogen and oxygen atoms in total. The smallest absolute Gasteiger partial charge is 0.351 e. The van der Waals surface area contributed by atoms with Gasteiger partial charge in [0.05, 0.1) is 6.10 Å². The molecule has 1 aromatic carbocycles. The number of benzene rings is 1. The highest BCUT2D eigenvalue weighted by molar-refractivity contribution is 6.03. The normalized spacial score (nSPS) is 31.8. The lowest BCUT2D eigenvalue weighted by Crippen LogP contribution is -2.46. The number of ether oxygens (including phenoxy) is 2. The van der Waals surface area contributed by atoms with Gasteiger partial charge in [-0.05, 0) is 31.5 Å². The molecule has 0 saturated carbocycles. The van der Waals surface area contributed by atoms with Crippen LogP contribution in [-0.2, 0) is 9.47 Å². The van der Waals surface area contributed by atoms with Gasteiger partial charge >= 0.3 is 5.69 Å². The largest absolute Gasteiger partial charge is 0.387 e. The summed E-state index contributed by atoms with van der Waals surface area (Å²) in [4.78, 5) is 28.6. The summed E-state index contributed by atoms with van der Waals surface area (Å²) in [5, 5.41) is 13.1. The molecular formula is C19H21N3O5. The average Bonchev–Trinajstić information content (AvgIpc) is 3.09. The van der Waals surface area contributed by atoms with Crippen LogP contribution in [0.1, 0.15) is 36.9 Å². The van der Waals surface area contributed by atoms with E-state index in [-0.39, 0.29) is 17.8 Å². The fourth-order valence-corrected chi connectivity index (χ4v) is 3.87. The summed E-state index contributed by atoms with van der Waals surface area (Å²) in [7, 11) is 0. The molecule has 5 atom stereocenters. The number of aliphatic hydroxyl groups excluding tert-OH is 1. The van der Waals surface area contributed by atoms with Crippen molar-refractivity contribution in [1.29, 1.82) is 0 Å². The Labute approximate surface area is 155 Å².